The average Bonchev–Trinajstić information content (AvgIpc) is 3.23. The molecule has 4 heterocycles. The van der Waals surface area contributed by atoms with Gasteiger partial charge in [-0.3, -0.25) is 9.78 Å². The fourth-order valence-corrected chi connectivity index (χ4v) is 3.48. The fourth-order valence-electron chi connectivity index (χ4n) is 3.27. The molecule has 0 aromatic carbocycles. The van der Waals surface area contributed by atoms with E-state index in [9.17, 15) is 4.79 Å². The molecule has 0 bridgehead atoms. The topological polar surface area (TPSA) is 86.7 Å². The molecule has 0 unspecified atom stereocenters. The third kappa shape index (κ3) is 4.51. The predicted molar refractivity (Wildman–Crippen MR) is 101 cm³/mol. The lowest BCUT2D eigenvalue weighted by Gasteiger charge is -2.31. The van der Waals surface area contributed by atoms with E-state index < -0.39 is 0 Å². The summed E-state index contributed by atoms with van der Waals surface area (Å²) in [5, 5.41) is 0.332. The first-order valence-corrected chi connectivity index (χ1v) is 9.69. The van der Waals surface area contributed by atoms with Crippen LogP contribution in [-0.2, 0) is 4.74 Å². The minimum Gasteiger partial charge on any atom is -0.473 e. The van der Waals surface area contributed by atoms with E-state index in [1.54, 1.807) is 29.6 Å². The molecule has 9 heteroatoms. The summed E-state index contributed by atoms with van der Waals surface area (Å²) >= 11 is 6.27. The van der Waals surface area contributed by atoms with Crippen LogP contribution in [0.1, 0.15) is 29.6 Å². The summed E-state index contributed by atoms with van der Waals surface area (Å²) in [6.07, 6.45) is 8.55. The number of aromatic nitrogens is 3. The van der Waals surface area contributed by atoms with Crippen molar-refractivity contribution in [1.82, 2.24) is 19.9 Å². The highest BCUT2D eigenvalue weighted by atomic mass is 35.5. The summed E-state index contributed by atoms with van der Waals surface area (Å²) < 4.78 is 16.8. The minimum atomic E-state index is -0.0943. The van der Waals surface area contributed by atoms with Crippen LogP contribution in [0.15, 0.2) is 30.9 Å². The highest BCUT2D eigenvalue weighted by molar-refractivity contribution is 6.32. The van der Waals surface area contributed by atoms with E-state index in [-0.39, 0.29) is 18.1 Å². The lowest BCUT2D eigenvalue weighted by atomic mass is 10.1. The summed E-state index contributed by atoms with van der Waals surface area (Å²) in [5.41, 5.74) is 0.452. The first-order chi connectivity index (χ1) is 13.7. The van der Waals surface area contributed by atoms with Gasteiger partial charge >= 0.3 is 0 Å². The van der Waals surface area contributed by atoms with E-state index in [1.165, 1.54) is 6.20 Å². The standard InChI is InChI=1S/C19H21ClN4O4/c20-16-9-13(10-23-18(16)28-15-3-8-26-12-15)19(25)24-6-1-14(2-7-24)27-17-11-21-4-5-22-17/h4-5,9-11,14-15H,1-3,6-8,12H2/t15-/m1/s1. The molecule has 1 amide bonds. The zero-order chi connectivity index (χ0) is 19.3. The van der Waals surface area contributed by atoms with Gasteiger partial charge in [0.15, 0.2) is 0 Å². The molecule has 148 valence electrons. The first kappa shape index (κ1) is 18.9. The summed E-state index contributed by atoms with van der Waals surface area (Å²) in [7, 11) is 0. The number of rotatable bonds is 5. The van der Waals surface area contributed by atoms with Gasteiger partial charge < -0.3 is 19.1 Å². The number of carbonyl (C=O) groups is 1. The van der Waals surface area contributed by atoms with E-state index in [0.717, 1.165) is 19.3 Å². The van der Waals surface area contributed by atoms with Crippen LogP contribution in [0.5, 0.6) is 11.8 Å². The van der Waals surface area contributed by atoms with Crippen LogP contribution in [0.4, 0.5) is 0 Å². The molecule has 0 aliphatic carbocycles. The smallest absolute Gasteiger partial charge is 0.255 e. The van der Waals surface area contributed by atoms with Gasteiger partial charge in [-0.15, -0.1) is 0 Å². The third-order valence-electron chi connectivity index (χ3n) is 4.78. The number of hydrogen-bond acceptors (Lipinski definition) is 7. The van der Waals surface area contributed by atoms with Crippen molar-refractivity contribution in [3.05, 3.63) is 41.4 Å². The van der Waals surface area contributed by atoms with E-state index in [1.807, 2.05) is 0 Å². The zero-order valence-electron chi connectivity index (χ0n) is 15.3. The molecule has 2 aliphatic rings. The Balaban J connectivity index is 1.32. The van der Waals surface area contributed by atoms with Crippen LogP contribution >= 0.6 is 11.6 Å². The summed E-state index contributed by atoms with van der Waals surface area (Å²) in [5.74, 6) is 0.749. The molecule has 2 saturated heterocycles. The molecule has 2 fully saturated rings. The second kappa shape index (κ2) is 8.70. The molecule has 2 aromatic heterocycles. The molecule has 0 N–H and O–H groups in total. The van der Waals surface area contributed by atoms with Gasteiger partial charge in [-0.05, 0) is 6.07 Å². The lowest BCUT2D eigenvalue weighted by Crippen LogP contribution is -2.41. The molecule has 0 radical (unpaired) electrons. The molecule has 0 saturated carbocycles. The van der Waals surface area contributed by atoms with Gasteiger partial charge in [-0.1, -0.05) is 11.6 Å². The Bertz CT molecular complexity index is 809. The SMILES string of the molecule is O=C(c1cnc(O[C@@H]2CCOC2)c(Cl)c1)N1CCC(Oc2cnccn2)CC1. The second-order valence-corrected chi connectivity index (χ2v) is 7.17. The number of halogens is 1. The van der Waals surface area contributed by atoms with E-state index in [4.69, 9.17) is 25.8 Å². The summed E-state index contributed by atoms with van der Waals surface area (Å²) in [6, 6.07) is 1.62. The highest BCUT2D eigenvalue weighted by Crippen LogP contribution is 2.26. The Morgan fingerprint density at radius 3 is 2.64 bits per heavy atom. The maximum Gasteiger partial charge on any atom is 0.255 e. The molecule has 2 aromatic rings. The monoisotopic (exact) mass is 404 g/mol. The molecule has 4 rings (SSSR count). The van der Waals surface area contributed by atoms with Crippen LogP contribution in [0, 0.1) is 0 Å². The van der Waals surface area contributed by atoms with Crippen LogP contribution in [-0.4, -0.2) is 64.3 Å². The molecule has 1 atom stereocenters. The fraction of sp³-hybridized carbons (Fsp3) is 0.474. The number of piperidine rings is 1. The molecular formula is C19H21ClN4O4. The quantitative estimate of drug-likeness (QED) is 0.756. The van der Waals surface area contributed by atoms with Crippen molar-refractivity contribution in [1.29, 1.82) is 0 Å². The van der Waals surface area contributed by atoms with Gasteiger partial charge in [0, 0.05) is 50.9 Å². The largest absolute Gasteiger partial charge is 0.473 e. The van der Waals surface area contributed by atoms with Crippen LogP contribution in [0.3, 0.4) is 0 Å². The van der Waals surface area contributed by atoms with Crippen LogP contribution in [0.25, 0.3) is 0 Å². The van der Waals surface area contributed by atoms with Crippen molar-refractivity contribution >= 4 is 17.5 Å². The van der Waals surface area contributed by atoms with Crippen molar-refractivity contribution < 1.29 is 19.0 Å². The Kier molecular flexibility index (Phi) is 5.87. The number of hydrogen-bond donors (Lipinski definition) is 0. The minimum absolute atomic E-state index is 0.0202. The number of pyridine rings is 1. The Morgan fingerprint density at radius 1 is 1.11 bits per heavy atom. The molecule has 2 aliphatic heterocycles. The summed E-state index contributed by atoms with van der Waals surface area (Å²) in [6.45, 7) is 2.40. The van der Waals surface area contributed by atoms with Crippen LogP contribution in [0.2, 0.25) is 5.02 Å². The maximum atomic E-state index is 12.8. The average molecular weight is 405 g/mol. The molecule has 0 spiro atoms. The van der Waals surface area contributed by atoms with Crippen molar-refractivity contribution in [3.63, 3.8) is 0 Å². The van der Waals surface area contributed by atoms with E-state index in [0.29, 0.717) is 48.6 Å². The Morgan fingerprint density at radius 2 is 1.96 bits per heavy atom. The van der Waals surface area contributed by atoms with Gasteiger partial charge in [-0.25, -0.2) is 9.97 Å². The number of nitrogens with zero attached hydrogens (tertiary/aromatic N) is 4. The van der Waals surface area contributed by atoms with Gasteiger partial charge in [0.05, 0.1) is 25.0 Å². The number of carbonyl (C=O) groups excluding carboxylic acids is 1. The van der Waals surface area contributed by atoms with Crippen molar-refractivity contribution in [2.24, 2.45) is 0 Å². The van der Waals surface area contributed by atoms with Crippen LogP contribution < -0.4 is 9.47 Å². The van der Waals surface area contributed by atoms with Gasteiger partial charge in [0.25, 0.3) is 5.91 Å². The van der Waals surface area contributed by atoms with E-state index in [2.05, 4.69) is 15.0 Å². The predicted octanol–water partition coefficient (Wildman–Crippen LogP) is 2.38. The van der Waals surface area contributed by atoms with Gasteiger partial charge in [0.2, 0.25) is 11.8 Å². The summed E-state index contributed by atoms with van der Waals surface area (Å²) in [4.78, 5) is 26.9. The lowest BCUT2D eigenvalue weighted by molar-refractivity contribution is 0.0586. The normalized spacial score (nSPS) is 20.2. The maximum absolute atomic E-state index is 12.8. The molecule has 28 heavy (non-hydrogen) atoms. The number of ether oxygens (including phenoxy) is 3. The number of likely N-dealkylation sites (tertiary alicyclic amines) is 1. The first-order valence-electron chi connectivity index (χ1n) is 9.31. The van der Waals surface area contributed by atoms with Crippen molar-refractivity contribution in [2.45, 2.75) is 31.5 Å². The van der Waals surface area contributed by atoms with Gasteiger partial charge in [-0.2, -0.15) is 0 Å². The zero-order valence-corrected chi connectivity index (χ0v) is 16.0. The third-order valence-corrected chi connectivity index (χ3v) is 5.05. The van der Waals surface area contributed by atoms with Gasteiger partial charge in [0.1, 0.15) is 17.2 Å². The number of amides is 1. The Hall–Kier alpha value is -2.45. The molecule has 8 nitrogen and oxygen atoms in total. The molecular weight excluding hydrogens is 384 g/mol. The highest BCUT2D eigenvalue weighted by Gasteiger charge is 2.26. The second-order valence-electron chi connectivity index (χ2n) is 6.77. The van der Waals surface area contributed by atoms with E-state index >= 15 is 0 Å². The van der Waals surface area contributed by atoms with Crippen molar-refractivity contribution in [3.8, 4) is 11.8 Å². The Labute approximate surface area is 167 Å². The van der Waals surface area contributed by atoms with Crippen molar-refractivity contribution in [2.75, 3.05) is 26.3 Å².